The molecule has 6 atom stereocenters. The standard InChI is InChI=1S/C26H23ClN2O4/c1-33-21-5-3-2-4-20(21)28(24(30)14-6-8-15(27)9-7-14)13-29-25(31)22-16-10-11-17(19-12-18(16)19)23(22)26(29)32/h2-11,16-19,22-23H,12-13H2,1H3/t16-,17-,18-,19+,22-,23+/m0/s1. The zero-order chi connectivity index (χ0) is 22.9. The van der Waals surface area contributed by atoms with Gasteiger partial charge in [-0.1, -0.05) is 35.9 Å². The number of benzene rings is 2. The minimum atomic E-state index is -0.337. The number of hydrogen-bond donors (Lipinski definition) is 0. The first-order chi connectivity index (χ1) is 16.0. The van der Waals surface area contributed by atoms with Crippen LogP contribution in [0.3, 0.4) is 0 Å². The number of nitrogens with zero attached hydrogens (tertiary/aromatic N) is 2. The van der Waals surface area contributed by atoms with Crippen molar-refractivity contribution in [1.82, 2.24) is 4.90 Å². The van der Waals surface area contributed by atoms with E-state index < -0.39 is 0 Å². The van der Waals surface area contributed by atoms with Gasteiger partial charge in [-0.3, -0.25) is 24.2 Å². The third-order valence-electron chi connectivity index (χ3n) is 7.75. The number of imide groups is 1. The third-order valence-corrected chi connectivity index (χ3v) is 8.00. The number of methoxy groups -OCH3 is 1. The fourth-order valence-corrected chi connectivity index (χ4v) is 6.28. The molecular weight excluding hydrogens is 440 g/mol. The van der Waals surface area contributed by atoms with E-state index in [0.29, 0.717) is 33.9 Å². The summed E-state index contributed by atoms with van der Waals surface area (Å²) in [5, 5.41) is 0.519. The van der Waals surface area contributed by atoms with E-state index in [2.05, 4.69) is 12.2 Å². The molecule has 1 aliphatic heterocycles. The van der Waals surface area contributed by atoms with Gasteiger partial charge in [0.25, 0.3) is 5.91 Å². The average Bonchev–Trinajstić information content (AvgIpc) is 3.62. The van der Waals surface area contributed by atoms with Gasteiger partial charge in [0, 0.05) is 10.6 Å². The molecular formula is C26H23ClN2O4. The maximum Gasteiger partial charge on any atom is 0.259 e. The molecule has 5 aliphatic rings. The van der Waals surface area contributed by atoms with Crippen LogP contribution < -0.4 is 9.64 Å². The molecule has 1 saturated heterocycles. The van der Waals surface area contributed by atoms with Crippen molar-refractivity contribution >= 4 is 35.0 Å². The van der Waals surface area contributed by atoms with Crippen LogP contribution in [0.25, 0.3) is 0 Å². The summed E-state index contributed by atoms with van der Waals surface area (Å²) in [6.45, 7) is -0.152. The van der Waals surface area contributed by atoms with Gasteiger partial charge in [-0.15, -0.1) is 0 Å². The highest BCUT2D eigenvalue weighted by Gasteiger charge is 2.67. The molecule has 3 amide bonds. The van der Waals surface area contributed by atoms with Crippen LogP contribution in [0.5, 0.6) is 5.75 Å². The molecule has 0 spiro atoms. The minimum absolute atomic E-state index is 0.137. The Balaban J connectivity index is 1.36. The van der Waals surface area contributed by atoms with Crippen molar-refractivity contribution in [3.8, 4) is 5.75 Å². The van der Waals surface area contributed by atoms with E-state index in [-0.39, 0.29) is 48.1 Å². The Morgan fingerprint density at radius 1 is 1.00 bits per heavy atom. The molecule has 2 aromatic carbocycles. The molecule has 1 heterocycles. The minimum Gasteiger partial charge on any atom is -0.495 e. The first-order valence-corrected chi connectivity index (χ1v) is 11.6. The number of hydrogen-bond acceptors (Lipinski definition) is 4. The highest BCUT2D eigenvalue weighted by Crippen LogP contribution is 2.65. The van der Waals surface area contributed by atoms with Gasteiger partial charge in [0.15, 0.2) is 0 Å². The van der Waals surface area contributed by atoms with E-state index in [1.807, 2.05) is 6.07 Å². The Kier molecular flexibility index (Phi) is 4.63. The van der Waals surface area contributed by atoms with Gasteiger partial charge >= 0.3 is 0 Å². The summed E-state index contributed by atoms with van der Waals surface area (Å²) in [7, 11) is 1.53. The Bertz CT molecular complexity index is 1160. The van der Waals surface area contributed by atoms with Crippen LogP contribution >= 0.6 is 11.6 Å². The smallest absolute Gasteiger partial charge is 0.259 e. The number of amides is 3. The Labute approximate surface area is 196 Å². The number of carbonyl (C=O) groups is 3. The van der Waals surface area contributed by atoms with Gasteiger partial charge in [-0.25, -0.2) is 0 Å². The number of ether oxygens (including phenoxy) is 1. The lowest BCUT2D eigenvalue weighted by Crippen LogP contribution is -2.45. The second kappa shape index (κ2) is 7.45. The highest BCUT2D eigenvalue weighted by atomic mass is 35.5. The maximum absolute atomic E-state index is 13.6. The lowest BCUT2D eigenvalue weighted by Gasteiger charge is -2.37. The van der Waals surface area contributed by atoms with E-state index >= 15 is 0 Å². The van der Waals surface area contributed by atoms with Gasteiger partial charge in [-0.05, 0) is 66.5 Å². The monoisotopic (exact) mass is 462 g/mol. The fraction of sp³-hybridized carbons (Fsp3) is 0.346. The molecule has 2 bridgehead atoms. The summed E-state index contributed by atoms with van der Waals surface area (Å²) in [5.41, 5.74) is 0.907. The van der Waals surface area contributed by atoms with Crippen molar-refractivity contribution in [2.75, 3.05) is 18.7 Å². The van der Waals surface area contributed by atoms with Gasteiger partial charge in [0.1, 0.15) is 12.4 Å². The van der Waals surface area contributed by atoms with Crippen molar-refractivity contribution in [2.24, 2.45) is 35.5 Å². The number of para-hydroxylation sites is 2. The molecule has 3 fully saturated rings. The maximum atomic E-state index is 13.6. The number of anilines is 1. The van der Waals surface area contributed by atoms with Crippen LogP contribution in [0.4, 0.5) is 5.69 Å². The topological polar surface area (TPSA) is 66.9 Å². The van der Waals surface area contributed by atoms with Crippen molar-refractivity contribution in [3.05, 3.63) is 71.3 Å². The molecule has 0 radical (unpaired) electrons. The summed E-state index contributed by atoms with van der Waals surface area (Å²) in [6, 6.07) is 13.7. The van der Waals surface area contributed by atoms with Gasteiger partial charge in [-0.2, -0.15) is 0 Å². The second-order valence-electron chi connectivity index (χ2n) is 9.31. The summed E-state index contributed by atoms with van der Waals surface area (Å²) < 4.78 is 5.49. The van der Waals surface area contributed by atoms with Gasteiger partial charge in [0.2, 0.25) is 11.8 Å². The number of carbonyl (C=O) groups excluding carboxylic acids is 3. The number of likely N-dealkylation sites (tertiary alicyclic amines) is 1. The molecule has 2 aromatic rings. The molecule has 0 unspecified atom stereocenters. The predicted molar refractivity (Wildman–Crippen MR) is 123 cm³/mol. The lowest BCUT2D eigenvalue weighted by atomic mass is 9.63. The number of allylic oxidation sites excluding steroid dienone is 2. The van der Waals surface area contributed by atoms with Crippen LogP contribution in [0.2, 0.25) is 5.02 Å². The zero-order valence-electron chi connectivity index (χ0n) is 18.1. The first kappa shape index (κ1) is 20.5. The highest BCUT2D eigenvalue weighted by molar-refractivity contribution is 6.30. The van der Waals surface area contributed by atoms with Crippen LogP contribution in [-0.4, -0.2) is 36.4 Å². The van der Waals surface area contributed by atoms with E-state index in [1.54, 1.807) is 42.5 Å². The number of halogens is 1. The van der Waals surface area contributed by atoms with E-state index in [4.69, 9.17) is 16.3 Å². The van der Waals surface area contributed by atoms with E-state index in [0.717, 1.165) is 6.42 Å². The van der Waals surface area contributed by atoms with Crippen molar-refractivity contribution in [3.63, 3.8) is 0 Å². The van der Waals surface area contributed by atoms with Gasteiger partial charge in [0.05, 0.1) is 24.6 Å². The Hall–Kier alpha value is -3.12. The molecule has 7 rings (SSSR count). The zero-order valence-corrected chi connectivity index (χ0v) is 18.8. The molecule has 33 heavy (non-hydrogen) atoms. The lowest BCUT2D eigenvalue weighted by molar-refractivity contribution is -0.140. The molecule has 2 saturated carbocycles. The van der Waals surface area contributed by atoms with Crippen molar-refractivity contribution in [1.29, 1.82) is 0 Å². The third kappa shape index (κ3) is 3.04. The number of rotatable bonds is 5. The Morgan fingerprint density at radius 3 is 2.21 bits per heavy atom. The summed E-state index contributed by atoms with van der Waals surface area (Å²) in [4.78, 5) is 43.4. The quantitative estimate of drug-likeness (QED) is 0.497. The van der Waals surface area contributed by atoms with Crippen LogP contribution in [0.1, 0.15) is 16.8 Å². The summed E-state index contributed by atoms with van der Waals surface area (Å²) in [5.74, 6) is 0.531. The van der Waals surface area contributed by atoms with E-state index in [9.17, 15) is 14.4 Å². The normalized spacial score (nSPS) is 30.8. The van der Waals surface area contributed by atoms with Crippen molar-refractivity contribution in [2.45, 2.75) is 6.42 Å². The predicted octanol–water partition coefficient (Wildman–Crippen LogP) is 4.01. The SMILES string of the molecule is COc1ccccc1N(CN1C(=O)[C@@H]2[C@H]3C=C[C@@H]([C@@H]4C[C@H]34)[C@@H]2C1=O)C(=O)c1ccc(Cl)cc1. The largest absolute Gasteiger partial charge is 0.495 e. The van der Waals surface area contributed by atoms with Gasteiger partial charge < -0.3 is 4.74 Å². The van der Waals surface area contributed by atoms with Crippen LogP contribution in [-0.2, 0) is 9.59 Å². The molecule has 7 heteroatoms. The molecule has 0 N–H and O–H groups in total. The fourth-order valence-electron chi connectivity index (χ4n) is 6.15. The second-order valence-corrected chi connectivity index (χ2v) is 9.75. The summed E-state index contributed by atoms with van der Waals surface area (Å²) >= 11 is 6.01. The summed E-state index contributed by atoms with van der Waals surface area (Å²) in [6.07, 6.45) is 5.40. The van der Waals surface area contributed by atoms with Crippen LogP contribution in [0.15, 0.2) is 60.7 Å². The molecule has 168 valence electrons. The molecule has 4 aliphatic carbocycles. The molecule has 6 nitrogen and oxygen atoms in total. The van der Waals surface area contributed by atoms with Crippen LogP contribution in [0, 0.1) is 35.5 Å². The first-order valence-electron chi connectivity index (χ1n) is 11.2. The molecule has 0 aromatic heterocycles. The Morgan fingerprint density at radius 2 is 1.61 bits per heavy atom. The average molecular weight is 463 g/mol. The van der Waals surface area contributed by atoms with Crippen molar-refractivity contribution < 1.29 is 19.1 Å². The van der Waals surface area contributed by atoms with E-state index in [1.165, 1.54) is 16.9 Å².